The maximum atomic E-state index is 12.3. The van der Waals surface area contributed by atoms with Gasteiger partial charge in [0.2, 0.25) is 5.91 Å². The number of rotatable bonds is 6. The number of hydrogen-bond donors (Lipinski definition) is 3. The van der Waals surface area contributed by atoms with Gasteiger partial charge in [0.25, 0.3) is 0 Å². The molecule has 0 aliphatic rings. The molecular weight excluding hydrogens is 340 g/mol. The minimum atomic E-state index is -0.931. The van der Waals surface area contributed by atoms with Crippen LogP contribution in [0.4, 0.5) is 4.79 Å². The molecule has 0 bridgehead atoms. The fraction of sp³-hybridized carbons (Fsp3) is 0.500. The smallest absolute Gasteiger partial charge is 0.408 e. The van der Waals surface area contributed by atoms with Gasteiger partial charge in [-0.05, 0) is 45.4 Å². The van der Waals surface area contributed by atoms with Gasteiger partial charge in [-0.15, -0.1) is 0 Å². The molecule has 0 aromatic heterocycles. The standard InChI is InChI=1S/C18H26N2O6/c1-11(19-17(24)26-18(2,3)4)15(22)20-14(16(23)25-5)10-12-6-8-13(21)9-7-12/h6-9,11,14,21H,10H2,1-5H3,(H,19,24)(H,20,22)/t11?,14-/m0/s1. The van der Waals surface area contributed by atoms with Crippen molar-refractivity contribution >= 4 is 18.0 Å². The number of benzene rings is 1. The number of aromatic hydroxyl groups is 1. The van der Waals surface area contributed by atoms with E-state index in [9.17, 15) is 19.5 Å². The molecule has 8 heteroatoms. The van der Waals surface area contributed by atoms with Crippen LogP contribution in [0.2, 0.25) is 0 Å². The molecule has 1 rings (SSSR count). The van der Waals surface area contributed by atoms with E-state index in [1.54, 1.807) is 32.9 Å². The van der Waals surface area contributed by atoms with Gasteiger partial charge in [-0.2, -0.15) is 0 Å². The quantitative estimate of drug-likeness (QED) is 0.658. The third kappa shape index (κ3) is 7.42. The highest BCUT2D eigenvalue weighted by Gasteiger charge is 2.26. The van der Waals surface area contributed by atoms with Gasteiger partial charge in [-0.3, -0.25) is 4.79 Å². The second kappa shape index (κ2) is 9.07. The first-order valence-corrected chi connectivity index (χ1v) is 8.17. The number of carbonyl (C=O) groups excluding carboxylic acids is 3. The summed E-state index contributed by atoms with van der Waals surface area (Å²) in [6.45, 7) is 6.61. The predicted molar refractivity (Wildman–Crippen MR) is 94.6 cm³/mol. The Bertz CT molecular complexity index is 636. The molecular formula is C18H26N2O6. The molecule has 0 fully saturated rings. The van der Waals surface area contributed by atoms with Crippen molar-refractivity contribution in [3.05, 3.63) is 29.8 Å². The lowest BCUT2D eigenvalue weighted by Gasteiger charge is -2.23. The number of ether oxygens (including phenoxy) is 2. The van der Waals surface area contributed by atoms with Crippen LogP contribution in [0.5, 0.6) is 5.75 Å². The second-order valence-electron chi connectivity index (χ2n) is 6.82. The fourth-order valence-electron chi connectivity index (χ4n) is 2.05. The second-order valence-corrected chi connectivity index (χ2v) is 6.82. The van der Waals surface area contributed by atoms with Crippen molar-refractivity contribution < 1.29 is 29.0 Å². The van der Waals surface area contributed by atoms with Gasteiger partial charge < -0.3 is 25.2 Å². The molecule has 3 N–H and O–H groups in total. The summed E-state index contributed by atoms with van der Waals surface area (Å²) >= 11 is 0. The van der Waals surface area contributed by atoms with Gasteiger partial charge in [-0.1, -0.05) is 12.1 Å². The third-order valence-corrected chi connectivity index (χ3v) is 3.30. The maximum absolute atomic E-state index is 12.3. The van der Waals surface area contributed by atoms with Crippen molar-refractivity contribution in [3.8, 4) is 5.75 Å². The minimum absolute atomic E-state index is 0.0996. The molecule has 1 unspecified atom stereocenters. The van der Waals surface area contributed by atoms with E-state index in [1.807, 2.05) is 0 Å². The minimum Gasteiger partial charge on any atom is -0.508 e. The molecule has 26 heavy (non-hydrogen) atoms. The van der Waals surface area contributed by atoms with Gasteiger partial charge in [0.05, 0.1) is 7.11 Å². The van der Waals surface area contributed by atoms with E-state index in [1.165, 1.54) is 26.2 Å². The van der Waals surface area contributed by atoms with Gasteiger partial charge >= 0.3 is 12.1 Å². The van der Waals surface area contributed by atoms with Crippen LogP contribution in [-0.2, 0) is 25.5 Å². The molecule has 0 saturated carbocycles. The van der Waals surface area contributed by atoms with Crippen LogP contribution >= 0.6 is 0 Å². The van der Waals surface area contributed by atoms with Crippen molar-refractivity contribution in [1.29, 1.82) is 0 Å². The van der Waals surface area contributed by atoms with Crippen LogP contribution in [0, 0.1) is 0 Å². The molecule has 144 valence electrons. The number of methoxy groups -OCH3 is 1. The van der Waals surface area contributed by atoms with Crippen LogP contribution in [0.1, 0.15) is 33.3 Å². The van der Waals surface area contributed by atoms with Gasteiger partial charge in [0.15, 0.2) is 0 Å². The molecule has 0 heterocycles. The van der Waals surface area contributed by atoms with Crippen molar-refractivity contribution in [2.75, 3.05) is 7.11 Å². The summed E-state index contributed by atoms with van der Waals surface area (Å²) in [6, 6.07) is 4.41. The fourth-order valence-corrected chi connectivity index (χ4v) is 2.05. The maximum Gasteiger partial charge on any atom is 0.408 e. The molecule has 0 spiro atoms. The zero-order valence-corrected chi connectivity index (χ0v) is 15.7. The van der Waals surface area contributed by atoms with Gasteiger partial charge in [-0.25, -0.2) is 9.59 Å². The number of nitrogens with one attached hydrogen (secondary N) is 2. The molecule has 1 aromatic rings. The Balaban J connectivity index is 2.71. The van der Waals surface area contributed by atoms with E-state index in [-0.39, 0.29) is 12.2 Å². The first kappa shape index (κ1) is 21.3. The van der Waals surface area contributed by atoms with Gasteiger partial charge in [0, 0.05) is 6.42 Å². The van der Waals surface area contributed by atoms with E-state index < -0.39 is 35.7 Å². The van der Waals surface area contributed by atoms with Crippen molar-refractivity contribution in [3.63, 3.8) is 0 Å². The van der Waals surface area contributed by atoms with Crippen molar-refractivity contribution in [2.45, 2.75) is 51.8 Å². The topological polar surface area (TPSA) is 114 Å². The highest BCUT2D eigenvalue weighted by molar-refractivity contribution is 5.89. The molecule has 0 aliphatic heterocycles. The number of alkyl carbamates (subject to hydrolysis) is 1. The molecule has 2 atom stereocenters. The van der Waals surface area contributed by atoms with Crippen LogP contribution in [0.15, 0.2) is 24.3 Å². The SMILES string of the molecule is COC(=O)[C@H](Cc1ccc(O)cc1)NC(=O)C(C)NC(=O)OC(C)(C)C. The largest absolute Gasteiger partial charge is 0.508 e. The number of amides is 2. The summed E-state index contributed by atoms with van der Waals surface area (Å²) in [6.07, 6.45) is -0.550. The lowest BCUT2D eigenvalue weighted by atomic mass is 10.1. The van der Waals surface area contributed by atoms with Gasteiger partial charge in [0.1, 0.15) is 23.4 Å². The average Bonchev–Trinajstić information content (AvgIpc) is 2.53. The zero-order chi connectivity index (χ0) is 19.9. The van der Waals surface area contributed by atoms with Crippen LogP contribution in [0.3, 0.4) is 0 Å². The summed E-state index contributed by atoms with van der Waals surface area (Å²) in [4.78, 5) is 36.0. The monoisotopic (exact) mass is 366 g/mol. The van der Waals surface area contributed by atoms with Crippen LogP contribution in [0.25, 0.3) is 0 Å². The van der Waals surface area contributed by atoms with E-state index in [0.29, 0.717) is 0 Å². The molecule has 0 radical (unpaired) electrons. The molecule has 0 aliphatic carbocycles. The Morgan fingerprint density at radius 3 is 2.19 bits per heavy atom. The third-order valence-electron chi connectivity index (χ3n) is 3.30. The van der Waals surface area contributed by atoms with E-state index in [0.717, 1.165) is 5.56 Å². The van der Waals surface area contributed by atoms with Crippen LogP contribution in [-0.4, -0.2) is 47.9 Å². The lowest BCUT2D eigenvalue weighted by molar-refractivity contribution is -0.145. The summed E-state index contributed by atoms with van der Waals surface area (Å²) in [5.41, 5.74) is 0.0412. The van der Waals surface area contributed by atoms with Crippen molar-refractivity contribution in [2.24, 2.45) is 0 Å². The lowest BCUT2D eigenvalue weighted by Crippen LogP contribution is -2.51. The molecule has 0 saturated heterocycles. The molecule has 8 nitrogen and oxygen atoms in total. The zero-order valence-electron chi connectivity index (χ0n) is 15.7. The number of hydrogen-bond acceptors (Lipinski definition) is 6. The summed E-state index contributed by atoms with van der Waals surface area (Å²) in [5.74, 6) is -1.07. The van der Waals surface area contributed by atoms with Crippen LogP contribution < -0.4 is 10.6 Å². The average molecular weight is 366 g/mol. The Hall–Kier alpha value is -2.77. The summed E-state index contributed by atoms with van der Waals surface area (Å²) in [7, 11) is 1.22. The first-order chi connectivity index (χ1) is 12.0. The van der Waals surface area contributed by atoms with E-state index in [4.69, 9.17) is 9.47 Å². The predicted octanol–water partition coefficient (Wildman–Crippen LogP) is 1.51. The molecule has 2 amide bonds. The Kier molecular flexibility index (Phi) is 7.42. The first-order valence-electron chi connectivity index (χ1n) is 8.17. The van der Waals surface area contributed by atoms with E-state index >= 15 is 0 Å². The number of phenols is 1. The summed E-state index contributed by atoms with van der Waals surface area (Å²) < 4.78 is 9.81. The molecule has 1 aromatic carbocycles. The number of carbonyl (C=O) groups is 3. The highest BCUT2D eigenvalue weighted by atomic mass is 16.6. The number of phenolic OH excluding ortho intramolecular Hbond substituents is 1. The Morgan fingerprint density at radius 1 is 1.12 bits per heavy atom. The number of esters is 1. The Labute approximate surface area is 152 Å². The highest BCUT2D eigenvalue weighted by Crippen LogP contribution is 2.12. The van der Waals surface area contributed by atoms with Crippen molar-refractivity contribution in [1.82, 2.24) is 10.6 Å². The summed E-state index contributed by atoms with van der Waals surface area (Å²) in [5, 5.41) is 14.3. The van der Waals surface area contributed by atoms with E-state index in [2.05, 4.69) is 10.6 Å². The normalized spacial score (nSPS) is 13.3. The Morgan fingerprint density at radius 2 is 1.69 bits per heavy atom.